The Labute approximate surface area is 256 Å². The van der Waals surface area contributed by atoms with Gasteiger partial charge in [-0.25, -0.2) is 0 Å². The number of rotatable bonds is 7. The lowest BCUT2D eigenvalue weighted by Crippen LogP contribution is -2.57. The van der Waals surface area contributed by atoms with Gasteiger partial charge in [-0.15, -0.1) is 11.3 Å². The number of hydrogen-bond acceptors (Lipinski definition) is 7. The second kappa shape index (κ2) is 11.1. The Morgan fingerprint density at radius 1 is 1.09 bits per heavy atom. The highest BCUT2D eigenvalue weighted by Gasteiger charge is 2.57. The number of alkyl halides is 2. The lowest BCUT2D eigenvalue weighted by atomic mass is 10.0. The van der Waals surface area contributed by atoms with Crippen LogP contribution in [0.2, 0.25) is 0 Å². The fraction of sp³-hybridized carbons (Fsp3) is 0.355. The number of nitrogens with two attached hydrogens (primary N) is 1. The molecule has 0 saturated carbocycles. The lowest BCUT2D eigenvalue weighted by Gasteiger charge is -2.33. The largest absolute Gasteiger partial charge is 0.384 e. The minimum absolute atomic E-state index is 0.0786. The molecule has 0 unspecified atom stereocenters. The number of halogens is 2. The first-order valence-electron chi connectivity index (χ1n) is 14.1. The number of amidine groups is 1. The Hall–Kier alpha value is -4.20. The van der Waals surface area contributed by atoms with Crippen molar-refractivity contribution < 1.29 is 32.6 Å². The predicted octanol–water partition coefficient (Wildman–Crippen LogP) is 3.41. The molecule has 2 aromatic carbocycles. The molecule has 1 aromatic heterocycles. The summed E-state index contributed by atoms with van der Waals surface area (Å²) in [5, 5.41) is 14.8. The maximum Gasteiger partial charge on any atom is 0.299 e. The smallest absolute Gasteiger partial charge is 0.299 e. The number of aryl methyl sites for hydroxylation is 1. The van der Waals surface area contributed by atoms with Gasteiger partial charge in [0.2, 0.25) is 11.8 Å². The van der Waals surface area contributed by atoms with Crippen molar-refractivity contribution in [1.29, 1.82) is 5.41 Å². The van der Waals surface area contributed by atoms with Gasteiger partial charge in [0, 0.05) is 45.5 Å². The summed E-state index contributed by atoms with van der Waals surface area (Å²) in [5.74, 6) is -6.18. The second-order valence-corrected chi connectivity index (χ2v) is 12.1. The molecule has 2 saturated heterocycles. The minimum atomic E-state index is -3.18. The molecule has 13 heteroatoms. The Kier molecular flexibility index (Phi) is 7.50. The molecular weight excluding hydrogens is 592 g/mol. The van der Waals surface area contributed by atoms with Crippen molar-refractivity contribution in [2.75, 3.05) is 26.3 Å². The van der Waals surface area contributed by atoms with Gasteiger partial charge in [-0.05, 0) is 49.2 Å². The van der Waals surface area contributed by atoms with Gasteiger partial charge in [0.15, 0.2) is 11.8 Å². The van der Waals surface area contributed by atoms with Crippen molar-refractivity contribution in [3.63, 3.8) is 0 Å². The molecule has 2 aliphatic heterocycles. The van der Waals surface area contributed by atoms with Crippen LogP contribution in [0.5, 0.6) is 0 Å². The van der Waals surface area contributed by atoms with Crippen molar-refractivity contribution in [3.8, 4) is 11.1 Å². The van der Waals surface area contributed by atoms with Crippen LogP contribution in [-0.2, 0) is 25.0 Å². The van der Waals surface area contributed by atoms with E-state index in [1.54, 1.807) is 37.4 Å². The van der Waals surface area contributed by atoms with Crippen molar-refractivity contribution in [2.24, 2.45) is 5.73 Å². The van der Waals surface area contributed by atoms with E-state index in [4.69, 9.17) is 20.6 Å². The topological polar surface area (TPSA) is 147 Å². The van der Waals surface area contributed by atoms with Crippen LogP contribution < -0.4 is 16.4 Å². The number of fused-ring (bicyclic) bond motifs is 3. The van der Waals surface area contributed by atoms with E-state index < -0.39 is 48.1 Å². The number of nitrogens with one attached hydrogen (secondary N) is 3. The molecule has 230 valence electrons. The third-order valence-electron chi connectivity index (χ3n) is 8.31. The van der Waals surface area contributed by atoms with Gasteiger partial charge in [-0.2, -0.15) is 8.78 Å². The molecule has 0 radical (unpaired) electrons. The van der Waals surface area contributed by atoms with E-state index >= 15 is 8.78 Å². The summed E-state index contributed by atoms with van der Waals surface area (Å²) in [4.78, 5) is 42.2. The molecule has 44 heavy (non-hydrogen) atoms. The Bertz CT molecular complexity index is 1690. The monoisotopic (exact) mass is 623 g/mol. The summed E-state index contributed by atoms with van der Waals surface area (Å²) >= 11 is 1.35. The number of ether oxygens (including phenoxy) is 2. The quantitative estimate of drug-likeness (QED) is 0.234. The van der Waals surface area contributed by atoms with Crippen LogP contribution in [0.4, 0.5) is 8.78 Å². The highest BCUT2D eigenvalue weighted by atomic mass is 32.1. The summed E-state index contributed by atoms with van der Waals surface area (Å²) < 4.78 is 41.9. The molecule has 0 bridgehead atoms. The number of carbonyl (C=O) groups is 3. The summed E-state index contributed by atoms with van der Waals surface area (Å²) in [6.45, 7) is 3.80. The van der Waals surface area contributed by atoms with Crippen LogP contribution >= 0.6 is 11.3 Å². The second-order valence-electron chi connectivity index (χ2n) is 11.2. The number of amides is 3. The summed E-state index contributed by atoms with van der Waals surface area (Å²) in [7, 11) is 0. The number of nitrogens with zero attached hydrogens (tertiary/aromatic N) is 1. The van der Waals surface area contributed by atoms with E-state index in [1.165, 1.54) is 40.5 Å². The standard InChI is InChI=1S/C31H31F2N5O5S/c1-16-3-5-20-21-12-18(4-6-22(21)31(32,33)23(20)11-16)28(40)36-14-25(39)38-8-7-30(42-9-10-43-30)26(38)29(41)37-17(2)24-13-19(15-44-24)27(34)35/h3-6,11-13,15,17,26H,7-10,14H2,1-2H3,(H3,34,35)(H,36,40)(H,37,41)/t17-,26-/m1/s1. The predicted molar refractivity (Wildman–Crippen MR) is 159 cm³/mol. The highest BCUT2D eigenvalue weighted by molar-refractivity contribution is 7.10. The average molecular weight is 624 g/mol. The van der Waals surface area contributed by atoms with Crippen LogP contribution in [0.3, 0.4) is 0 Å². The number of benzene rings is 2. The summed E-state index contributed by atoms with van der Waals surface area (Å²) in [6, 6.07) is 8.96. The molecule has 2 atom stereocenters. The zero-order valence-corrected chi connectivity index (χ0v) is 24.9. The van der Waals surface area contributed by atoms with Gasteiger partial charge < -0.3 is 30.7 Å². The van der Waals surface area contributed by atoms with Gasteiger partial charge in [0.05, 0.1) is 25.8 Å². The molecule has 6 rings (SSSR count). The zero-order valence-electron chi connectivity index (χ0n) is 24.0. The number of hydrogen-bond donors (Lipinski definition) is 4. The van der Waals surface area contributed by atoms with E-state index in [-0.39, 0.29) is 54.3 Å². The molecule has 3 heterocycles. The molecular formula is C31H31F2N5O5S. The van der Waals surface area contributed by atoms with Gasteiger partial charge in [-0.1, -0.05) is 23.8 Å². The molecule has 3 aromatic rings. The van der Waals surface area contributed by atoms with Crippen molar-refractivity contribution >= 4 is 34.9 Å². The summed E-state index contributed by atoms with van der Waals surface area (Å²) in [6.07, 6.45) is 0.268. The fourth-order valence-corrected chi connectivity index (χ4v) is 7.00. The van der Waals surface area contributed by atoms with E-state index in [1.807, 2.05) is 0 Å². The van der Waals surface area contributed by atoms with Crippen LogP contribution in [0.15, 0.2) is 47.8 Å². The maximum atomic E-state index is 15.1. The first kappa shape index (κ1) is 29.9. The highest BCUT2D eigenvalue weighted by Crippen LogP contribution is 2.51. The Balaban J connectivity index is 1.16. The molecule has 3 aliphatic rings. The van der Waals surface area contributed by atoms with E-state index in [9.17, 15) is 14.4 Å². The normalized spacial score (nSPS) is 19.8. The molecule has 2 fully saturated rings. The SMILES string of the molecule is Cc1ccc2c(c1)C(F)(F)c1ccc(C(=O)NCC(=O)N3CCC4(OCCO4)[C@H]3C(=O)N[C@H](C)c3cc(C(=N)N)cs3)cc1-2. The van der Waals surface area contributed by atoms with Crippen LogP contribution in [0.1, 0.15) is 56.9 Å². The Morgan fingerprint density at radius 3 is 2.55 bits per heavy atom. The number of likely N-dealkylation sites (tertiary alicyclic amines) is 1. The van der Waals surface area contributed by atoms with E-state index in [2.05, 4.69) is 10.6 Å². The molecule has 3 amide bonds. The third kappa shape index (κ3) is 5.04. The minimum Gasteiger partial charge on any atom is -0.384 e. The molecule has 1 spiro atoms. The van der Waals surface area contributed by atoms with Gasteiger partial charge in [0.1, 0.15) is 5.84 Å². The van der Waals surface area contributed by atoms with Crippen molar-refractivity contribution in [3.05, 3.63) is 80.5 Å². The van der Waals surface area contributed by atoms with Crippen LogP contribution in [0.25, 0.3) is 11.1 Å². The maximum absolute atomic E-state index is 15.1. The first-order chi connectivity index (χ1) is 20.9. The number of nitrogen functional groups attached to an aromatic ring is 1. The van der Waals surface area contributed by atoms with Crippen LogP contribution in [-0.4, -0.2) is 66.6 Å². The van der Waals surface area contributed by atoms with Gasteiger partial charge >= 0.3 is 0 Å². The molecule has 1 aliphatic carbocycles. The lowest BCUT2D eigenvalue weighted by molar-refractivity contribution is -0.183. The zero-order chi connectivity index (χ0) is 31.4. The van der Waals surface area contributed by atoms with Gasteiger partial charge in [0.25, 0.3) is 11.8 Å². The van der Waals surface area contributed by atoms with Crippen LogP contribution in [0, 0.1) is 12.3 Å². The first-order valence-corrected chi connectivity index (χ1v) is 15.0. The van der Waals surface area contributed by atoms with Crippen molar-refractivity contribution in [1.82, 2.24) is 15.5 Å². The fourth-order valence-electron chi connectivity index (χ4n) is 6.09. The number of thiophene rings is 1. The van der Waals surface area contributed by atoms with E-state index in [0.717, 1.165) is 4.88 Å². The van der Waals surface area contributed by atoms with Gasteiger partial charge in [-0.3, -0.25) is 19.8 Å². The average Bonchev–Trinajstić information content (AvgIpc) is 3.78. The molecule has 5 N–H and O–H groups in total. The number of carbonyl (C=O) groups excluding carboxylic acids is 3. The molecule has 10 nitrogen and oxygen atoms in total. The van der Waals surface area contributed by atoms with Crippen molar-refractivity contribution in [2.45, 2.75) is 44.1 Å². The summed E-state index contributed by atoms with van der Waals surface area (Å²) in [5.41, 5.74) is 7.32. The Morgan fingerprint density at radius 2 is 1.84 bits per heavy atom. The third-order valence-corrected chi connectivity index (χ3v) is 9.43. The van der Waals surface area contributed by atoms with E-state index in [0.29, 0.717) is 16.7 Å².